The first-order valence-electron chi connectivity index (χ1n) is 9.21. The maximum atomic E-state index is 12.3. The minimum atomic E-state index is 0.0804. The molecule has 0 radical (unpaired) electrons. The standard InChI is InChI=1S/C19H24N4O2/c24-17(20-15-11-13-23-12-5-4-8-16(15)23)9-10-18-21-19(22-25-18)14-6-2-1-3-7-14/h1-3,6-7,15-16H,4-5,8-13H2,(H,20,24)/t15-,16+/m1/s1. The Morgan fingerprint density at radius 1 is 1.20 bits per heavy atom. The first kappa shape index (κ1) is 16.3. The summed E-state index contributed by atoms with van der Waals surface area (Å²) in [5.41, 5.74) is 0.922. The third kappa shape index (κ3) is 3.74. The number of nitrogens with one attached hydrogen (secondary N) is 1. The highest BCUT2D eigenvalue weighted by Crippen LogP contribution is 2.27. The van der Waals surface area contributed by atoms with Crippen molar-refractivity contribution in [2.75, 3.05) is 13.1 Å². The molecule has 0 spiro atoms. The zero-order valence-electron chi connectivity index (χ0n) is 14.4. The Labute approximate surface area is 147 Å². The number of hydrogen-bond acceptors (Lipinski definition) is 5. The summed E-state index contributed by atoms with van der Waals surface area (Å²) in [7, 11) is 0. The Morgan fingerprint density at radius 2 is 2.08 bits per heavy atom. The van der Waals surface area contributed by atoms with E-state index in [0.29, 0.717) is 36.6 Å². The molecule has 1 aromatic heterocycles. The molecule has 1 amide bonds. The largest absolute Gasteiger partial charge is 0.352 e. The van der Waals surface area contributed by atoms with E-state index in [1.165, 1.54) is 25.8 Å². The number of rotatable bonds is 5. The van der Waals surface area contributed by atoms with Crippen LogP contribution in [-0.2, 0) is 11.2 Å². The van der Waals surface area contributed by atoms with Crippen molar-refractivity contribution in [1.29, 1.82) is 0 Å². The quantitative estimate of drug-likeness (QED) is 0.905. The fourth-order valence-electron chi connectivity index (χ4n) is 3.98. The Balaban J connectivity index is 1.28. The number of carbonyl (C=O) groups is 1. The van der Waals surface area contributed by atoms with E-state index in [2.05, 4.69) is 20.4 Å². The van der Waals surface area contributed by atoms with Crippen molar-refractivity contribution >= 4 is 5.91 Å². The first-order chi connectivity index (χ1) is 12.3. The molecule has 4 rings (SSSR count). The SMILES string of the molecule is O=C(CCc1nc(-c2ccccc2)no1)N[C@@H]1CCN2CCCC[C@@H]12. The monoisotopic (exact) mass is 340 g/mol. The maximum Gasteiger partial charge on any atom is 0.227 e. The molecular weight excluding hydrogens is 316 g/mol. The summed E-state index contributed by atoms with van der Waals surface area (Å²) >= 11 is 0. The molecule has 0 bridgehead atoms. The molecular formula is C19H24N4O2. The van der Waals surface area contributed by atoms with Gasteiger partial charge in [0.15, 0.2) is 0 Å². The molecule has 3 heterocycles. The van der Waals surface area contributed by atoms with Gasteiger partial charge in [-0.3, -0.25) is 9.69 Å². The number of aryl methyl sites for hydroxylation is 1. The summed E-state index contributed by atoms with van der Waals surface area (Å²) in [5.74, 6) is 1.17. The van der Waals surface area contributed by atoms with Gasteiger partial charge < -0.3 is 9.84 Å². The topological polar surface area (TPSA) is 71.3 Å². The molecule has 0 saturated carbocycles. The van der Waals surface area contributed by atoms with E-state index < -0.39 is 0 Å². The van der Waals surface area contributed by atoms with Crippen LogP contribution in [0.5, 0.6) is 0 Å². The number of piperidine rings is 1. The van der Waals surface area contributed by atoms with Crippen LogP contribution >= 0.6 is 0 Å². The predicted octanol–water partition coefficient (Wildman–Crippen LogP) is 2.41. The van der Waals surface area contributed by atoms with Crippen LogP contribution in [0.3, 0.4) is 0 Å². The molecule has 0 aliphatic carbocycles. The van der Waals surface area contributed by atoms with Crippen LogP contribution in [0, 0.1) is 0 Å². The molecule has 6 nitrogen and oxygen atoms in total. The highest BCUT2D eigenvalue weighted by atomic mass is 16.5. The first-order valence-corrected chi connectivity index (χ1v) is 9.21. The van der Waals surface area contributed by atoms with Gasteiger partial charge in [-0.25, -0.2) is 0 Å². The van der Waals surface area contributed by atoms with E-state index in [-0.39, 0.29) is 5.91 Å². The van der Waals surface area contributed by atoms with Gasteiger partial charge >= 0.3 is 0 Å². The van der Waals surface area contributed by atoms with Crippen LogP contribution in [0.4, 0.5) is 0 Å². The molecule has 2 fully saturated rings. The highest BCUT2D eigenvalue weighted by molar-refractivity contribution is 5.76. The fourth-order valence-corrected chi connectivity index (χ4v) is 3.98. The average Bonchev–Trinajstić information content (AvgIpc) is 3.28. The molecule has 25 heavy (non-hydrogen) atoms. The lowest BCUT2D eigenvalue weighted by atomic mass is 9.99. The van der Waals surface area contributed by atoms with E-state index in [1.807, 2.05) is 30.3 Å². The number of carbonyl (C=O) groups excluding carboxylic acids is 1. The summed E-state index contributed by atoms with van der Waals surface area (Å²) in [5, 5.41) is 7.21. The molecule has 1 N–H and O–H groups in total. The Morgan fingerprint density at radius 3 is 2.96 bits per heavy atom. The van der Waals surface area contributed by atoms with Gasteiger partial charge in [0.1, 0.15) is 0 Å². The van der Waals surface area contributed by atoms with Gasteiger partial charge in [0.05, 0.1) is 0 Å². The van der Waals surface area contributed by atoms with Crippen molar-refractivity contribution in [1.82, 2.24) is 20.4 Å². The van der Waals surface area contributed by atoms with E-state index in [1.54, 1.807) is 0 Å². The number of fused-ring (bicyclic) bond motifs is 1. The predicted molar refractivity (Wildman–Crippen MR) is 93.8 cm³/mol. The lowest BCUT2D eigenvalue weighted by molar-refractivity contribution is -0.122. The van der Waals surface area contributed by atoms with Gasteiger partial charge in [-0.2, -0.15) is 4.98 Å². The van der Waals surface area contributed by atoms with E-state index in [4.69, 9.17) is 4.52 Å². The molecule has 6 heteroatoms. The summed E-state index contributed by atoms with van der Waals surface area (Å²) < 4.78 is 5.28. The number of hydrogen-bond donors (Lipinski definition) is 1. The zero-order chi connectivity index (χ0) is 17.1. The molecule has 2 saturated heterocycles. The van der Waals surface area contributed by atoms with Crippen molar-refractivity contribution in [3.63, 3.8) is 0 Å². The Kier molecular flexibility index (Phi) is 4.78. The fraction of sp³-hybridized carbons (Fsp3) is 0.526. The summed E-state index contributed by atoms with van der Waals surface area (Å²) in [6, 6.07) is 10.5. The van der Waals surface area contributed by atoms with Crippen LogP contribution in [0.2, 0.25) is 0 Å². The van der Waals surface area contributed by atoms with Gasteiger partial charge in [0.25, 0.3) is 0 Å². The molecule has 132 valence electrons. The number of nitrogens with zero attached hydrogens (tertiary/aromatic N) is 3. The second kappa shape index (κ2) is 7.35. The zero-order valence-corrected chi connectivity index (χ0v) is 14.4. The van der Waals surface area contributed by atoms with Crippen molar-refractivity contribution in [3.05, 3.63) is 36.2 Å². The average molecular weight is 340 g/mol. The smallest absolute Gasteiger partial charge is 0.227 e. The van der Waals surface area contributed by atoms with Gasteiger partial charge in [-0.05, 0) is 25.8 Å². The third-order valence-corrected chi connectivity index (χ3v) is 5.27. The minimum Gasteiger partial charge on any atom is -0.352 e. The van der Waals surface area contributed by atoms with Crippen molar-refractivity contribution in [2.45, 2.75) is 50.6 Å². The van der Waals surface area contributed by atoms with Crippen LogP contribution < -0.4 is 5.32 Å². The van der Waals surface area contributed by atoms with Crippen LogP contribution in [-0.4, -0.2) is 46.1 Å². The molecule has 2 atom stereocenters. The minimum absolute atomic E-state index is 0.0804. The molecule has 0 unspecified atom stereocenters. The lowest BCUT2D eigenvalue weighted by Gasteiger charge is -2.32. The van der Waals surface area contributed by atoms with Crippen molar-refractivity contribution in [3.8, 4) is 11.4 Å². The van der Waals surface area contributed by atoms with Gasteiger partial charge in [0.2, 0.25) is 17.6 Å². The summed E-state index contributed by atoms with van der Waals surface area (Å²) in [4.78, 5) is 19.2. The Hall–Kier alpha value is -2.21. The van der Waals surface area contributed by atoms with Crippen LogP contribution in [0.1, 0.15) is 38.0 Å². The number of benzene rings is 1. The van der Waals surface area contributed by atoms with Crippen LogP contribution in [0.15, 0.2) is 34.9 Å². The van der Waals surface area contributed by atoms with Crippen LogP contribution in [0.25, 0.3) is 11.4 Å². The third-order valence-electron chi connectivity index (χ3n) is 5.27. The molecule has 2 aliphatic rings. The normalized spacial score (nSPS) is 23.4. The van der Waals surface area contributed by atoms with E-state index in [9.17, 15) is 4.79 Å². The molecule has 2 aliphatic heterocycles. The number of amides is 1. The van der Waals surface area contributed by atoms with Gasteiger partial charge in [0, 0.05) is 37.0 Å². The maximum absolute atomic E-state index is 12.3. The number of aromatic nitrogens is 2. The Bertz CT molecular complexity index is 715. The van der Waals surface area contributed by atoms with Crippen molar-refractivity contribution in [2.24, 2.45) is 0 Å². The van der Waals surface area contributed by atoms with Crippen molar-refractivity contribution < 1.29 is 9.32 Å². The summed E-state index contributed by atoms with van der Waals surface area (Å²) in [6.45, 7) is 2.29. The highest BCUT2D eigenvalue weighted by Gasteiger charge is 2.36. The van der Waals surface area contributed by atoms with E-state index >= 15 is 0 Å². The lowest BCUT2D eigenvalue weighted by Crippen LogP contribution is -2.46. The molecule has 1 aromatic carbocycles. The van der Waals surface area contributed by atoms with Gasteiger partial charge in [-0.1, -0.05) is 41.9 Å². The second-order valence-corrected chi connectivity index (χ2v) is 6.94. The summed E-state index contributed by atoms with van der Waals surface area (Å²) in [6.07, 6.45) is 5.70. The van der Waals surface area contributed by atoms with E-state index in [0.717, 1.165) is 18.5 Å². The molecule has 2 aromatic rings. The second-order valence-electron chi connectivity index (χ2n) is 6.94. The van der Waals surface area contributed by atoms with Gasteiger partial charge in [-0.15, -0.1) is 0 Å².